The van der Waals surface area contributed by atoms with Crippen molar-refractivity contribution in [3.63, 3.8) is 0 Å². The third-order valence-corrected chi connectivity index (χ3v) is 3.01. The molecule has 3 heterocycles. The van der Waals surface area contributed by atoms with Gasteiger partial charge in [0.1, 0.15) is 5.52 Å². The van der Waals surface area contributed by atoms with Gasteiger partial charge in [0.2, 0.25) is 11.3 Å². The monoisotopic (exact) mass is 250 g/mol. The first-order valence-corrected chi connectivity index (χ1v) is 5.59. The highest BCUT2D eigenvalue weighted by Crippen LogP contribution is 2.27. The van der Waals surface area contributed by atoms with Crippen LogP contribution in [0.4, 0.5) is 0 Å². The molecule has 19 heavy (non-hydrogen) atoms. The number of para-hydroxylation sites is 1. The Labute approximate surface area is 106 Å². The minimum Gasteiger partial charge on any atom is -0.293 e. The molecule has 0 radical (unpaired) electrons. The standard InChI is InChI=1S/C12H6N6O/c1-13-6-18-8-5-3-2-4-7(8)9-12(18)15-11-10(14-9)16-19-17-11/h2-5H,6H2. The quantitative estimate of drug-likeness (QED) is 0.483. The number of hydrogen-bond acceptors (Lipinski definition) is 5. The first-order valence-electron chi connectivity index (χ1n) is 5.59. The first kappa shape index (κ1) is 9.96. The van der Waals surface area contributed by atoms with Gasteiger partial charge < -0.3 is 0 Å². The molecule has 0 bridgehead atoms. The molecule has 0 unspecified atom stereocenters. The van der Waals surface area contributed by atoms with Gasteiger partial charge in [0.15, 0.2) is 5.65 Å². The lowest BCUT2D eigenvalue weighted by Crippen LogP contribution is -1.96. The van der Waals surface area contributed by atoms with E-state index in [9.17, 15) is 0 Å². The lowest BCUT2D eigenvalue weighted by Gasteiger charge is -1.96. The summed E-state index contributed by atoms with van der Waals surface area (Å²) in [7, 11) is 0. The molecule has 0 N–H and O–H groups in total. The minimum atomic E-state index is 0.190. The molecule has 4 rings (SSSR count). The molecule has 0 aliphatic carbocycles. The molecule has 0 saturated heterocycles. The smallest absolute Gasteiger partial charge is 0.293 e. The van der Waals surface area contributed by atoms with Gasteiger partial charge in [-0.05, 0) is 16.4 Å². The topological polar surface area (TPSA) is 74.0 Å². The molecule has 3 aromatic heterocycles. The number of fused-ring (bicyclic) bond motifs is 4. The second-order valence-corrected chi connectivity index (χ2v) is 4.05. The van der Waals surface area contributed by atoms with Crippen molar-refractivity contribution in [2.75, 3.05) is 0 Å². The second kappa shape index (κ2) is 3.49. The van der Waals surface area contributed by atoms with E-state index in [0.717, 1.165) is 10.9 Å². The Morgan fingerprint density at radius 2 is 1.95 bits per heavy atom. The zero-order valence-electron chi connectivity index (χ0n) is 9.61. The van der Waals surface area contributed by atoms with Crippen LogP contribution in [0.2, 0.25) is 0 Å². The SMILES string of the molecule is [C-]#[N+]Cn1c2ccccc2c2nc3nonc3nc21. The van der Waals surface area contributed by atoms with Gasteiger partial charge in [0.25, 0.3) is 6.67 Å². The molecule has 90 valence electrons. The Kier molecular flexibility index (Phi) is 1.83. The van der Waals surface area contributed by atoms with Gasteiger partial charge in [0.05, 0.1) is 5.52 Å². The minimum absolute atomic E-state index is 0.190. The van der Waals surface area contributed by atoms with Crippen molar-refractivity contribution in [3.05, 3.63) is 35.7 Å². The molecule has 0 atom stereocenters. The highest BCUT2D eigenvalue weighted by Gasteiger charge is 2.16. The van der Waals surface area contributed by atoms with E-state index in [4.69, 9.17) is 6.57 Å². The van der Waals surface area contributed by atoms with E-state index in [1.54, 1.807) is 0 Å². The van der Waals surface area contributed by atoms with Crippen LogP contribution in [0.1, 0.15) is 0 Å². The van der Waals surface area contributed by atoms with Gasteiger partial charge in [-0.1, -0.05) is 18.2 Å². The lowest BCUT2D eigenvalue weighted by atomic mass is 10.2. The van der Waals surface area contributed by atoms with Crippen molar-refractivity contribution in [1.82, 2.24) is 24.8 Å². The summed E-state index contributed by atoms with van der Waals surface area (Å²) in [5.74, 6) is 0. The van der Waals surface area contributed by atoms with Crippen molar-refractivity contribution in [1.29, 1.82) is 0 Å². The number of hydrogen-bond donors (Lipinski definition) is 0. The van der Waals surface area contributed by atoms with E-state index >= 15 is 0 Å². The van der Waals surface area contributed by atoms with E-state index in [0.29, 0.717) is 22.5 Å². The third-order valence-electron chi connectivity index (χ3n) is 3.01. The molecular formula is C12H6N6O. The van der Waals surface area contributed by atoms with Gasteiger partial charge in [-0.2, -0.15) is 0 Å². The van der Waals surface area contributed by atoms with E-state index in [2.05, 4.69) is 29.8 Å². The molecule has 0 aliphatic heterocycles. The van der Waals surface area contributed by atoms with Gasteiger partial charge in [0, 0.05) is 5.39 Å². The zero-order chi connectivity index (χ0) is 12.8. The van der Waals surface area contributed by atoms with Gasteiger partial charge in [-0.15, -0.1) is 0 Å². The van der Waals surface area contributed by atoms with Gasteiger partial charge in [-0.3, -0.25) is 9.41 Å². The molecule has 0 fully saturated rings. The lowest BCUT2D eigenvalue weighted by molar-refractivity contribution is 0.314. The maximum absolute atomic E-state index is 7.07. The molecule has 1 aromatic carbocycles. The van der Waals surface area contributed by atoms with Crippen molar-refractivity contribution in [2.24, 2.45) is 0 Å². The molecule has 0 spiro atoms. The van der Waals surface area contributed by atoms with Gasteiger partial charge >= 0.3 is 0 Å². The van der Waals surface area contributed by atoms with Crippen LogP contribution >= 0.6 is 0 Å². The van der Waals surface area contributed by atoms with Crippen molar-refractivity contribution in [3.8, 4) is 0 Å². The molecular weight excluding hydrogens is 244 g/mol. The molecule has 7 heteroatoms. The summed E-state index contributed by atoms with van der Waals surface area (Å²) in [6.45, 7) is 7.26. The van der Waals surface area contributed by atoms with Crippen molar-refractivity contribution >= 4 is 33.4 Å². The van der Waals surface area contributed by atoms with Crippen LogP contribution in [0.5, 0.6) is 0 Å². The van der Waals surface area contributed by atoms with Crippen LogP contribution in [0, 0.1) is 6.57 Å². The maximum Gasteiger partial charge on any atom is 0.294 e. The highest BCUT2D eigenvalue weighted by molar-refractivity contribution is 6.05. The molecule has 0 amide bonds. The fraction of sp³-hybridized carbons (Fsp3) is 0.0833. The Hall–Kier alpha value is -3.01. The normalized spacial score (nSPS) is 11.3. The Bertz CT molecular complexity index is 961. The van der Waals surface area contributed by atoms with Crippen molar-refractivity contribution < 1.29 is 4.63 Å². The maximum atomic E-state index is 7.07. The predicted octanol–water partition coefficient (Wildman–Crippen LogP) is 2.00. The van der Waals surface area contributed by atoms with Crippen LogP contribution in [-0.2, 0) is 6.67 Å². The van der Waals surface area contributed by atoms with Crippen LogP contribution in [-0.4, -0.2) is 24.8 Å². The average molecular weight is 250 g/mol. The fourth-order valence-electron chi connectivity index (χ4n) is 2.24. The average Bonchev–Trinajstić information content (AvgIpc) is 3.01. The predicted molar refractivity (Wildman–Crippen MR) is 67.0 cm³/mol. The van der Waals surface area contributed by atoms with E-state index in [1.807, 2.05) is 28.8 Å². The molecule has 0 aliphatic rings. The Balaban J connectivity index is 2.27. The van der Waals surface area contributed by atoms with E-state index in [1.165, 1.54) is 0 Å². The molecule has 4 aromatic rings. The number of aromatic nitrogens is 5. The summed E-state index contributed by atoms with van der Waals surface area (Å²) in [5, 5.41) is 8.33. The summed E-state index contributed by atoms with van der Waals surface area (Å²) in [5.41, 5.74) is 2.99. The van der Waals surface area contributed by atoms with Crippen molar-refractivity contribution in [2.45, 2.75) is 6.67 Å². The summed E-state index contributed by atoms with van der Waals surface area (Å²) < 4.78 is 6.44. The third kappa shape index (κ3) is 1.25. The van der Waals surface area contributed by atoms with E-state index < -0.39 is 0 Å². The summed E-state index contributed by atoms with van der Waals surface area (Å²) in [6.07, 6.45) is 0. The molecule has 0 saturated carbocycles. The fourth-order valence-corrected chi connectivity index (χ4v) is 2.24. The van der Waals surface area contributed by atoms with Crippen LogP contribution in [0.25, 0.3) is 38.2 Å². The largest absolute Gasteiger partial charge is 0.294 e. The zero-order valence-corrected chi connectivity index (χ0v) is 9.61. The summed E-state index contributed by atoms with van der Waals surface area (Å²) in [6, 6.07) is 7.75. The van der Waals surface area contributed by atoms with E-state index in [-0.39, 0.29) is 6.67 Å². The van der Waals surface area contributed by atoms with Crippen LogP contribution in [0.15, 0.2) is 28.9 Å². The highest BCUT2D eigenvalue weighted by atomic mass is 16.6. The summed E-state index contributed by atoms with van der Waals surface area (Å²) in [4.78, 5) is 12.2. The Morgan fingerprint density at radius 1 is 1.16 bits per heavy atom. The van der Waals surface area contributed by atoms with Crippen LogP contribution in [0.3, 0.4) is 0 Å². The Morgan fingerprint density at radius 3 is 2.79 bits per heavy atom. The van der Waals surface area contributed by atoms with Crippen LogP contribution < -0.4 is 0 Å². The van der Waals surface area contributed by atoms with Gasteiger partial charge in [-0.25, -0.2) is 21.2 Å². The summed E-state index contributed by atoms with van der Waals surface area (Å²) >= 11 is 0. The number of benzene rings is 1. The second-order valence-electron chi connectivity index (χ2n) is 4.05. The number of nitrogens with zero attached hydrogens (tertiary/aromatic N) is 6. The molecule has 7 nitrogen and oxygen atoms in total. The number of rotatable bonds is 1. The first-order chi connectivity index (χ1) is 9.38.